The highest BCUT2D eigenvalue weighted by atomic mass is 35.5. The number of hydrogen-bond acceptors (Lipinski definition) is 3. The van der Waals surface area contributed by atoms with Crippen LogP contribution < -0.4 is 9.47 Å². The zero-order valence-electron chi connectivity index (χ0n) is 11.9. The van der Waals surface area contributed by atoms with Crippen LogP contribution in [0.4, 0.5) is 0 Å². The van der Waals surface area contributed by atoms with Gasteiger partial charge in [0.05, 0.1) is 19.1 Å². The zero-order valence-corrected chi connectivity index (χ0v) is 12.7. The van der Waals surface area contributed by atoms with E-state index in [1.165, 1.54) is 0 Å². The molecule has 0 saturated heterocycles. The number of halogens is 1. The third kappa shape index (κ3) is 3.37. The van der Waals surface area contributed by atoms with E-state index in [2.05, 4.69) is 13.8 Å². The largest absolute Gasteiger partial charge is 0.489 e. The van der Waals surface area contributed by atoms with Crippen LogP contribution in [0.2, 0.25) is 5.02 Å². The fraction of sp³-hybridized carbons (Fsp3) is 0.533. The van der Waals surface area contributed by atoms with Gasteiger partial charge in [-0.25, -0.2) is 0 Å². The SMILES string of the molecule is CC(Cc1cc2c(cc1Cl)OCC(C)(C)CO2)C(=O)O. The molecular weight excluding hydrogens is 280 g/mol. The lowest BCUT2D eigenvalue weighted by Crippen LogP contribution is -2.26. The van der Waals surface area contributed by atoms with Crippen molar-refractivity contribution in [2.75, 3.05) is 13.2 Å². The predicted octanol–water partition coefficient (Wildman–Crippen LogP) is 3.40. The molecule has 110 valence electrons. The second-order valence-corrected chi connectivity index (χ2v) is 6.48. The summed E-state index contributed by atoms with van der Waals surface area (Å²) in [7, 11) is 0. The first-order chi connectivity index (χ1) is 9.28. The molecule has 1 aromatic rings. The van der Waals surface area contributed by atoms with Crippen LogP contribution in [-0.2, 0) is 11.2 Å². The van der Waals surface area contributed by atoms with E-state index in [9.17, 15) is 4.79 Å². The molecule has 0 saturated carbocycles. The zero-order chi connectivity index (χ0) is 14.9. The molecule has 0 bridgehead atoms. The fourth-order valence-electron chi connectivity index (χ4n) is 1.96. The van der Waals surface area contributed by atoms with Crippen molar-refractivity contribution in [2.24, 2.45) is 11.3 Å². The highest BCUT2D eigenvalue weighted by Gasteiger charge is 2.26. The highest BCUT2D eigenvalue weighted by molar-refractivity contribution is 6.31. The second-order valence-electron chi connectivity index (χ2n) is 6.08. The summed E-state index contributed by atoms with van der Waals surface area (Å²) in [5, 5.41) is 9.50. The van der Waals surface area contributed by atoms with Gasteiger partial charge < -0.3 is 14.6 Å². The van der Waals surface area contributed by atoms with Gasteiger partial charge in [-0.2, -0.15) is 0 Å². The minimum absolute atomic E-state index is 0.0694. The van der Waals surface area contributed by atoms with Gasteiger partial charge in [-0.3, -0.25) is 4.79 Å². The van der Waals surface area contributed by atoms with Crippen molar-refractivity contribution in [2.45, 2.75) is 27.2 Å². The summed E-state index contributed by atoms with van der Waals surface area (Å²) in [6, 6.07) is 3.50. The number of carboxylic acids is 1. The van der Waals surface area contributed by atoms with Crippen LogP contribution in [0.1, 0.15) is 26.3 Å². The molecule has 2 rings (SSSR count). The van der Waals surface area contributed by atoms with Gasteiger partial charge in [0.2, 0.25) is 0 Å². The van der Waals surface area contributed by atoms with Crippen molar-refractivity contribution in [1.82, 2.24) is 0 Å². The summed E-state index contributed by atoms with van der Waals surface area (Å²) in [6.45, 7) is 6.89. The van der Waals surface area contributed by atoms with E-state index in [4.69, 9.17) is 26.2 Å². The summed E-state index contributed by atoms with van der Waals surface area (Å²) in [5.41, 5.74) is 0.698. The van der Waals surface area contributed by atoms with Crippen LogP contribution in [0.3, 0.4) is 0 Å². The van der Waals surface area contributed by atoms with Gasteiger partial charge in [0.1, 0.15) is 0 Å². The van der Waals surface area contributed by atoms with Crippen molar-refractivity contribution < 1.29 is 19.4 Å². The van der Waals surface area contributed by atoms with Gasteiger partial charge in [0.25, 0.3) is 0 Å². The van der Waals surface area contributed by atoms with E-state index in [0.29, 0.717) is 36.2 Å². The van der Waals surface area contributed by atoms with Crippen LogP contribution in [-0.4, -0.2) is 24.3 Å². The third-order valence-corrected chi connectivity index (χ3v) is 3.65. The lowest BCUT2D eigenvalue weighted by atomic mass is 9.97. The molecule has 1 heterocycles. The number of rotatable bonds is 3. The second kappa shape index (κ2) is 5.52. The number of aliphatic carboxylic acids is 1. The number of benzene rings is 1. The van der Waals surface area contributed by atoms with Crippen molar-refractivity contribution in [1.29, 1.82) is 0 Å². The lowest BCUT2D eigenvalue weighted by molar-refractivity contribution is -0.141. The maximum Gasteiger partial charge on any atom is 0.306 e. The average Bonchev–Trinajstić information content (AvgIpc) is 2.50. The Labute approximate surface area is 123 Å². The fourth-order valence-corrected chi connectivity index (χ4v) is 2.20. The molecule has 0 fully saturated rings. The van der Waals surface area contributed by atoms with Crippen LogP contribution in [0, 0.1) is 11.3 Å². The van der Waals surface area contributed by atoms with Gasteiger partial charge in [0, 0.05) is 16.5 Å². The molecule has 1 aliphatic heterocycles. The van der Waals surface area contributed by atoms with Crippen LogP contribution in [0.25, 0.3) is 0 Å². The molecule has 1 unspecified atom stereocenters. The standard InChI is InChI=1S/C15H19ClO4/c1-9(14(17)18)4-10-5-12-13(6-11(10)16)20-8-15(2,3)7-19-12/h5-6,9H,4,7-8H2,1-3H3,(H,17,18). The Kier molecular flexibility index (Phi) is 4.14. The first kappa shape index (κ1) is 15.0. The first-order valence-corrected chi connectivity index (χ1v) is 6.97. The molecule has 0 amide bonds. The molecule has 5 heteroatoms. The van der Waals surface area contributed by atoms with Gasteiger partial charge in [-0.05, 0) is 18.1 Å². The maximum absolute atomic E-state index is 10.9. The number of hydrogen-bond donors (Lipinski definition) is 1. The Morgan fingerprint density at radius 2 is 1.90 bits per heavy atom. The summed E-state index contributed by atoms with van der Waals surface area (Å²) < 4.78 is 11.5. The summed E-state index contributed by atoms with van der Waals surface area (Å²) in [6.07, 6.45) is 0.369. The molecule has 0 radical (unpaired) electrons. The van der Waals surface area contributed by atoms with Crippen molar-refractivity contribution >= 4 is 17.6 Å². The van der Waals surface area contributed by atoms with Gasteiger partial charge >= 0.3 is 5.97 Å². The van der Waals surface area contributed by atoms with Crippen molar-refractivity contribution in [3.8, 4) is 11.5 Å². The quantitative estimate of drug-likeness (QED) is 0.929. The van der Waals surface area contributed by atoms with E-state index in [1.807, 2.05) is 0 Å². The smallest absolute Gasteiger partial charge is 0.306 e. The van der Waals surface area contributed by atoms with Crippen LogP contribution >= 0.6 is 11.6 Å². The molecule has 0 aliphatic carbocycles. The van der Waals surface area contributed by atoms with E-state index in [-0.39, 0.29) is 5.41 Å². The van der Waals surface area contributed by atoms with E-state index >= 15 is 0 Å². The number of carboxylic acid groups (broad SMARTS) is 1. The maximum atomic E-state index is 10.9. The first-order valence-electron chi connectivity index (χ1n) is 6.59. The Bertz CT molecular complexity index is 525. The molecule has 1 atom stereocenters. The topological polar surface area (TPSA) is 55.8 Å². The third-order valence-electron chi connectivity index (χ3n) is 3.30. The van der Waals surface area contributed by atoms with Gasteiger partial charge in [-0.15, -0.1) is 0 Å². The summed E-state index contributed by atoms with van der Waals surface area (Å²) >= 11 is 6.21. The molecule has 20 heavy (non-hydrogen) atoms. The molecule has 1 aliphatic rings. The average molecular weight is 299 g/mol. The molecule has 0 aromatic heterocycles. The van der Waals surface area contributed by atoms with Crippen LogP contribution in [0.15, 0.2) is 12.1 Å². The Balaban J connectivity index is 2.26. The molecule has 1 N–H and O–H groups in total. The minimum atomic E-state index is -0.839. The summed E-state index contributed by atoms with van der Waals surface area (Å²) in [5.74, 6) is -0.0807. The Hall–Kier alpha value is -1.42. The van der Waals surface area contributed by atoms with E-state index in [1.54, 1.807) is 19.1 Å². The van der Waals surface area contributed by atoms with Crippen molar-refractivity contribution in [3.05, 3.63) is 22.7 Å². The minimum Gasteiger partial charge on any atom is -0.489 e. The number of ether oxygens (including phenoxy) is 2. The monoisotopic (exact) mass is 298 g/mol. The van der Waals surface area contributed by atoms with Gasteiger partial charge in [-0.1, -0.05) is 32.4 Å². The molecular formula is C15H19ClO4. The molecule has 4 nitrogen and oxygen atoms in total. The molecule has 0 spiro atoms. The van der Waals surface area contributed by atoms with Crippen LogP contribution in [0.5, 0.6) is 11.5 Å². The van der Waals surface area contributed by atoms with E-state index in [0.717, 1.165) is 5.56 Å². The van der Waals surface area contributed by atoms with Crippen molar-refractivity contribution in [3.63, 3.8) is 0 Å². The lowest BCUT2D eigenvalue weighted by Gasteiger charge is -2.19. The Morgan fingerprint density at radius 3 is 2.45 bits per heavy atom. The summed E-state index contributed by atoms with van der Waals surface area (Å²) in [4.78, 5) is 10.9. The number of fused-ring (bicyclic) bond motifs is 1. The molecule has 1 aromatic carbocycles. The highest BCUT2D eigenvalue weighted by Crippen LogP contribution is 2.38. The normalized spacial score (nSPS) is 18.2. The van der Waals surface area contributed by atoms with E-state index < -0.39 is 11.9 Å². The Morgan fingerprint density at radius 1 is 1.35 bits per heavy atom. The van der Waals surface area contributed by atoms with Gasteiger partial charge in [0.15, 0.2) is 11.5 Å². The number of carbonyl (C=O) groups is 1. The predicted molar refractivity (Wildman–Crippen MR) is 76.7 cm³/mol.